The van der Waals surface area contributed by atoms with Gasteiger partial charge in [0.05, 0.1) is 23.4 Å². The molecule has 1 atom stereocenters. The average molecular weight is 515 g/mol. The van der Waals surface area contributed by atoms with Crippen LogP contribution in [0.3, 0.4) is 0 Å². The second kappa shape index (κ2) is 10.8. The highest BCUT2D eigenvalue weighted by Crippen LogP contribution is 2.32. The van der Waals surface area contributed by atoms with Crippen molar-refractivity contribution in [1.82, 2.24) is 15.1 Å². The molecule has 0 aliphatic carbocycles. The number of carbonyl (C=O) groups is 1. The lowest BCUT2D eigenvalue weighted by atomic mass is 9.95. The first kappa shape index (κ1) is 24.3. The number of hydrogen-bond donors (Lipinski definition) is 2. The molecule has 2 aliphatic heterocycles. The number of nitrogens with one attached hydrogen (secondary N) is 1. The summed E-state index contributed by atoms with van der Waals surface area (Å²) in [6, 6.07) is 16.7. The molecule has 2 fully saturated rings. The van der Waals surface area contributed by atoms with Crippen LogP contribution in [-0.4, -0.2) is 58.3 Å². The predicted molar refractivity (Wildman–Crippen MR) is 150 cm³/mol. The molecular formula is C30H34N4O2S. The molecule has 4 heterocycles. The summed E-state index contributed by atoms with van der Waals surface area (Å²) >= 11 is 1.66. The Labute approximate surface area is 221 Å². The molecule has 2 N–H and O–H groups in total. The van der Waals surface area contributed by atoms with Gasteiger partial charge in [-0.1, -0.05) is 24.6 Å². The molecule has 37 heavy (non-hydrogen) atoms. The van der Waals surface area contributed by atoms with Crippen molar-refractivity contribution >= 4 is 33.7 Å². The van der Waals surface area contributed by atoms with E-state index in [1.54, 1.807) is 11.3 Å². The minimum Gasteiger partial charge on any atom is -0.393 e. The van der Waals surface area contributed by atoms with E-state index < -0.39 is 0 Å². The highest BCUT2D eigenvalue weighted by molar-refractivity contribution is 7.08. The van der Waals surface area contributed by atoms with Gasteiger partial charge in [0.2, 0.25) is 0 Å². The summed E-state index contributed by atoms with van der Waals surface area (Å²) in [4.78, 5) is 18.4. The molecule has 6 nitrogen and oxygen atoms in total. The van der Waals surface area contributed by atoms with Crippen molar-refractivity contribution in [3.63, 3.8) is 0 Å². The smallest absolute Gasteiger partial charge is 0.158 e. The zero-order valence-electron chi connectivity index (χ0n) is 21.1. The summed E-state index contributed by atoms with van der Waals surface area (Å²) in [6.45, 7) is 3.75. The van der Waals surface area contributed by atoms with Gasteiger partial charge in [-0.25, -0.2) is 0 Å². The maximum absolute atomic E-state index is 13.7. The fourth-order valence-electron chi connectivity index (χ4n) is 5.85. The summed E-state index contributed by atoms with van der Waals surface area (Å²) in [5.41, 5.74) is 6.28. The van der Waals surface area contributed by atoms with E-state index in [1.165, 1.54) is 12.1 Å². The van der Waals surface area contributed by atoms with E-state index in [2.05, 4.69) is 73.2 Å². The molecular weight excluding hydrogens is 480 g/mol. The molecule has 6 rings (SSSR count). The Kier molecular flexibility index (Phi) is 7.09. The monoisotopic (exact) mass is 514 g/mol. The molecule has 192 valence electrons. The van der Waals surface area contributed by atoms with Gasteiger partial charge in [0.25, 0.3) is 0 Å². The van der Waals surface area contributed by atoms with Crippen LogP contribution >= 0.6 is 11.3 Å². The van der Waals surface area contributed by atoms with E-state index in [4.69, 9.17) is 0 Å². The number of aliphatic hydroxyl groups is 1. The zero-order valence-corrected chi connectivity index (χ0v) is 21.9. The lowest BCUT2D eigenvalue weighted by molar-refractivity contribution is -0.124. The standard InChI is InChI=1S/C30H34N4O2S/c35-25-10-15-33(16-11-25)24-7-5-22(6-8-24)29-26-18-21(4-9-27(26)31-32-29)19-28(36)30(23-12-17-37-20-23)34-13-2-1-3-14-34/h4-9,12,17-18,20,25,30,35H,1-3,10-11,13-16,19H2,(H,31,32). The van der Waals surface area contributed by atoms with E-state index in [1.807, 2.05) is 6.07 Å². The molecule has 1 unspecified atom stereocenters. The van der Waals surface area contributed by atoms with Gasteiger partial charge in [0, 0.05) is 36.1 Å². The van der Waals surface area contributed by atoms with Crippen LogP contribution in [-0.2, 0) is 11.2 Å². The van der Waals surface area contributed by atoms with Crippen LogP contribution in [0.2, 0.25) is 0 Å². The Morgan fingerprint density at radius 2 is 1.81 bits per heavy atom. The number of anilines is 1. The van der Waals surface area contributed by atoms with Gasteiger partial charge in [-0.2, -0.15) is 16.4 Å². The number of piperidine rings is 2. The molecule has 4 aromatic rings. The third-order valence-electron chi connectivity index (χ3n) is 7.90. The normalized spacial score (nSPS) is 18.4. The summed E-state index contributed by atoms with van der Waals surface area (Å²) in [5.74, 6) is 0.265. The van der Waals surface area contributed by atoms with Crippen molar-refractivity contribution in [2.24, 2.45) is 0 Å². The third kappa shape index (κ3) is 5.21. The van der Waals surface area contributed by atoms with Crippen molar-refractivity contribution in [2.75, 3.05) is 31.1 Å². The molecule has 2 saturated heterocycles. The third-order valence-corrected chi connectivity index (χ3v) is 8.60. The fourth-order valence-corrected chi connectivity index (χ4v) is 6.53. The number of aliphatic hydroxyl groups excluding tert-OH is 1. The number of nitrogens with zero attached hydrogens (tertiary/aromatic N) is 3. The Bertz CT molecular complexity index is 1330. The molecule has 0 amide bonds. The summed E-state index contributed by atoms with van der Waals surface area (Å²) in [6.07, 6.45) is 5.46. The van der Waals surface area contributed by atoms with Crippen LogP contribution in [0, 0.1) is 0 Å². The largest absolute Gasteiger partial charge is 0.393 e. The van der Waals surface area contributed by atoms with Crippen LogP contribution in [0.5, 0.6) is 0 Å². The van der Waals surface area contributed by atoms with Gasteiger partial charge >= 0.3 is 0 Å². The number of rotatable bonds is 7. The molecule has 0 spiro atoms. The van der Waals surface area contributed by atoms with Gasteiger partial charge in [0.1, 0.15) is 0 Å². The van der Waals surface area contributed by atoms with Crippen molar-refractivity contribution in [2.45, 2.75) is 50.7 Å². The zero-order chi connectivity index (χ0) is 25.2. The van der Waals surface area contributed by atoms with Crippen LogP contribution in [0.15, 0.2) is 59.3 Å². The molecule has 2 aliphatic rings. The Hall–Kier alpha value is -3.00. The number of aromatic nitrogens is 2. The number of likely N-dealkylation sites (tertiary alicyclic amines) is 1. The number of aromatic amines is 1. The predicted octanol–water partition coefficient (Wildman–Crippen LogP) is 5.59. The van der Waals surface area contributed by atoms with E-state index in [0.717, 1.165) is 85.1 Å². The van der Waals surface area contributed by atoms with Crippen molar-refractivity contribution in [3.8, 4) is 11.3 Å². The first-order chi connectivity index (χ1) is 18.2. The molecule has 0 bridgehead atoms. The van der Waals surface area contributed by atoms with Crippen molar-refractivity contribution in [3.05, 3.63) is 70.4 Å². The SMILES string of the molecule is O=C(Cc1ccc2[nH]nc(-c3ccc(N4CCC(O)CC4)cc3)c2c1)C(c1ccsc1)N1CCCCC1. The second-order valence-electron chi connectivity index (χ2n) is 10.4. The minimum atomic E-state index is -0.174. The quantitative estimate of drug-likeness (QED) is 0.336. The summed E-state index contributed by atoms with van der Waals surface area (Å²) < 4.78 is 0. The molecule has 2 aromatic heterocycles. The number of H-pyrrole nitrogens is 1. The first-order valence-electron chi connectivity index (χ1n) is 13.4. The second-order valence-corrected chi connectivity index (χ2v) is 11.2. The average Bonchev–Trinajstić information content (AvgIpc) is 3.60. The minimum absolute atomic E-state index is 0.158. The van der Waals surface area contributed by atoms with E-state index in [-0.39, 0.29) is 17.9 Å². The summed E-state index contributed by atoms with van der Waals surface area (Å²) in [5, 5.41) is 22.8. The Balaban J connectivity index is 1.23. The highest BCUT2D eigenvalue weighted by atomic mass is 32.1. The van der Waals surface area contributed by atoms with Crippen LogP contribution in [0.1, 0.15) is 49.3 Å². The van der Waals surface area contributed by atoms with Gasteiger partial charge in [-0.05, 0) is 91.0 Å². The first-order valence-corrected chi connectivity index (χ1v) is 14.4. The van der Waals surface area contributed by atoms with Gasteiger partial charge in [-0.15, -0.1) is 0 Å². The van der Waals surface area contributed by atoms with Crippen molar-refractivity contribution < 1.29 is 9.90 Å². The van der Waals surface area contributed by atoms with E-state index in [9.17, 15) is 9.90 Å². The number of carbonyl (C=O) groups excluding carboxylic acids is 1. The van der Waals surface area contributed by atoms with Crippen LogP contribution in [0.25, 0.3) is 22.2 Å². The Morgan fingerprint density at radius 1 is 1.03 bits per heavy atom. The lowest BCUT2D eigenvalue weighted by Gasteiger charge is -2.33. The number of benzene rings is 2. The topological polar surface area (TPSA) is 72.5 Å². The van der Waals surface area contributed by atoms with Crippen LogP contribution in [0.4, 0.5) is 5.69 Å². The number of Topliss-reactive ketones (excluding diaryl/α,β-unsaturated/α-hetero) is 1. The number of thiophene rings is 1. The number of hydrogen-bond acceptors (Lipinski definition) is 6. The summed E-state index contributed by atoms with van der Waals surface area (Å²) in [7, 11) is 0. The number of ketones is 1. The Morgan fingerprint density at radius 3 is 2.54 bits per heavy atom. The molecule has 7 heteroatoms. The van der Waals surface area contributed by atoms with Gasteiger partial charge in [0.15, 0.2) is 5.78 Å². The molecule has 0 saturated carbocycles. The molecule has 0 radical (unpaired) electrons. The van der Waals surface area contributed by atoms with E-state index >= 15 is 0 Å². The van der Waals surface area contributed by atoms with E-state index in [0.29, 0.717) is 6.42 Å². The number of fused-ring (bicyclic) bond motifs is 1. The van der Waals surface area contributed by atoms with Crippen LogP contribution < -0.4 is 4.90 Å². The lowest BCUT2D eigenvalue weighted by Crippen LogP contribution is -2.38. The van der Waals surface area contributed by atoms with Gasteiger partial charge in [-0.3, -0.25) is 14.8 Å². The van der Waals surface area contributed by atoms with Crippen molar-refractivity contribution in [1.29, 1.82) is 0 Å². The van der Waals surface area contributed by atoms with Gasteiger partial charge < -0.3 is 10.0 Å². The molecule has 2 aromatic carbocycles. The fraction of sp³-hybridized carbons (Fsp3) is 0.400. The maximum Gasteiger partial charge on any atom is 0.158 e. The highest BCUT2D eigenvalue weighted by Gasteiger charge is 2.29. The maximum atomic E-state index is 13.7.